The molecule has 1 unspecified atom stereocenters. The number of amides is 1. The molecule has 0 aromatic heterocycles. The van der Waals surface area contributed by atoms with E-state index in [4.69, 9.17) is 10.5 Å². The number of rotatable bonds is 3. The fraction of sp³-hybridized carbons (Fsp3) is 0.588. The number of nitrogens with two attached hydrogens (primary N) is 1. The number of hydrogen-bond donors (Lipinski definition) is 1. The van der Waals surface area contributed by atoms with Gasteiger partial charge in [-0.3, -0.25) is 4.79 Å². The van der Waals surface area contributed by atoms with Crippen molar-refractivity contribution in [2.45, 2.75) is 51.2 Å². The summed E-state index contributed by atoms with van der Waals surface area (Å²) in [5.74, 6) is 0.247. The van der Waals surface area contributed by atoms with Crippen LogP contribution in [0.15, 0.2) is 18.2 Å². The van der Waals surface area contributed by atoms with Gasteiger partial charge in [0, 0.05) is 31.8 Å². The molecule has 0 spiro atoms. The molecule has 2 N–H and O–H groups in total. The molecule has 4 nitrogen and oxygen atoms in total. The number of hydrogen-bond acceptors (Lipinski definition) is 3. The standard InChI is InChI=1S/C17H24N2O2/c18-15-5-4-13-8-9-19(12-14(13)11-15)17(20)7-6-16-3-1-2-10-21-16/h4-5,11,16H,1-3,6-10,12,18H2. The molecule has 1 saturated heterocycles. The molecular formula is C17H24N2O2. The maximum Gasteiger partial charge on any atom is 0.222 e. The first-order valence-electron chi connectivity index (χ1n) is 7.99. The van der Waals surface area contributed by atoms with Crippen LogP contribution in [0, 0.1) is 0 Å². The number of nitrogens with zero attached hydrogens (tertiary/aromatic N) is 1. The summed E-state index contributed by atoms with van der Waals surface area (Å²) in [6, 6.07) is 6.03. The lowest BCUT2D eigenvalue weighted by Crippen LogP contribution is -2.36. The zero-order chi connectivity index (χ0) is 14.7. The second-order valence-corrected chi connectivity index (χ2v) is 6.12. The summed E-state index contributed by atoms with van der Waals surface area (Å²) in [6.45, 7) is 2.38. The van der Waals surface area contributed by atoms with Crippen molar-refractivity contribution in [3.63, 3.8) is 0 Å². The predicted molar refractivity (Wildman–Crippen MR) is 82.8 cm³/mol. The van der Waals surface area contributed by atoms with Gasteiger partial charge in [-0.05, 0) is 55.4 Å². The normalized spacial score (nSPS) is 21.9. The van der Waals surface area contributed by atoms with E-state index in [9.17, 15) is 4.79 Å². The van der Waals surface area contributed by atoms with Gasteiger partial charge in [-0.1, -0.05) is 6.07 Å². The first-order chi connectivity index (χ1) is 10.2. The second kappa shape index (κ2) is 6.48. The molecule has 2 heterocycles. The average molecular weight is 288 g/mol. The van der Waals surface area contributed by atoms with Crippen LogP contribution in [0.2, 0.25) is 0 Å². The first kappa shape index (κ1) is 14.4. The van der Waals surface area contributed by atoms with E-state index in [1.165, 1.54) is 17.5 Å². The van der Waals surface area contributed by atoms with Gasteiger partial charge < -0.3 is 15.4 Å². The summed E-state index contributed by atoms with van der Waals surface area (Å²) in [5, 5.41) is 0. The van der Waals surface area contributed by atoms with Gasteiger partial charge in [-0.2, -0.15) is 0 Å². The summed E-state index contributed by atoms with van der Waals surface area (Å²) in [4.78, 5) is 14.3. The van der Waals surface area contributed by atoms with E-state index < -0.39 is 0 Å². The molecule has 3 rings (SSSR count). The van der Waals surface area contributed by atoms with E-state index in [-0.39, 0.29) is 12.0 Å². The molecule has 0 radical (unpaired) electrons. The lowest BCUT2D eigenvalue weighted by atomic mass is 9.98. The van der Waals surface area contributed by atoms with Gasteiger partial charge in [0.1, 0.15) is 0 Å². The lowest BCUT2D eigenvalue weighted by Gasteiger charge is -2.30. The lowest BCUT2D eigenvalue weighted by molar-refractivity contribution is -0.133. The minimum Gasteiger partial charge on any atom is -0.399 e. The van der Waals surface area contributed by atoms with E-state index >= 15 is 0 Å². The Balaban J connectivity index is 1.54. The van der Waals surface area contributed by atoms with Crippen molar-refractivity contribution in [1.29, 1.82) is 0 Å². The number of anilines is 1. The van der Waals surface area contributed by atoms with Gasteiger partial charge >= 0.3 is 0 Å². The Bertz CT molecular complexity index is 510. The molecule has 1 amide bonds. The number of carbonyl (C=O) groups excluding carboxylic acids is 1. The summed E-state index contributed by atoms with van der Waals surface area (Å²) in [5.41, 5.74) is 9.14. The van der Waals surface area contributed by atoms with Gasteiger partial charge in [0.05, 0.1) is 6.10 Å². The zero-order valence-corrected chi connectivity index (χ0v) is 12.5. The van der Waals surface area contributed by atoms with E-state index in [0.717, 1.165) is 44.5 Å². The summed E-state index contributed by atoms with van der Waals surface area (Å²) >= 11 is 0. The molecule has 0 bridgehead atoms. The van der Waals surface area contributed by atoms with Crippen molar-refractivity contribution in [1.82, 2.24) is 4.90 Å². The van der Waals surface area contributed by atoms with E-state index in [1.54, 1.807) is 0 Å². The van der Waals surface area contributed by atoms with E-state index in [2.05, 4.69) is 6.07 Å². The molecule has 1 aromatic rings. The fourth-order valence-corrected chi connectivity index (χ4v) is 3.27. The third-order valence-electron chi connectivity index (χ3n) is 4.55. The van der Waals surface area contributed by atoms with Gasteiger partial charge in [-0.15, -0.1) is 0 Å². The number of fused-ring (bicyclic) bond motifs is 1. The third-order valence-corrected chi connectivity index (χ3v) is 4.55. The van der Waals surface area contributed by atoms with Crippen molar-refractivity contribution in [3.8, 4) is 0 Å². The number of ether oxygens (including phenoxy) is 1. The van der Waals surface area contributed by atoms with Gasteiger partial charge in [-0.25, -0.2) is 0 Å². The predicted octanol–water partition coefficient (Wildman–Crippen LogP) is 2.50. The molecule has 4 heteroatoms. The SMILES string of the molecule is Nc1ccc2c(c1)CN(C(=O)CCC1CCCCO1)CC2. The Morgan fingerprint density at radius 1 is 1.33 bits per heavy atom. The molecule has 1 aromatic carbocycles. The Morgan fingerprint density at radius 3 is 3.05 bits per heavy atom. The minimum absolute atomic E-state index is 0.247. The molecule has 114 valence electrons. The topological polar surface area (TPSA) is 55.6 Å². The number of benzene rings is 1. The largest absolute Gasteiger partial charge is 0.399 e. The summed E-state index contributed by atoms with van der Waals surface area (Å²) < 4.78 is 5.70. The highest BCUT2D eigenvalue weighted by molar-refractivity contribution is 5.76. The Morgan fingerprint density at radius 2 is 2.24 bits per heavy atom. The molecule has 2 aliphatic rings. The van der Waals surface area contributed by atoms with Crippen molar-refractivity contribution in [3.05, 3.63) is 29.3 Å². The Kier molecular flexibility index (Phi) is 4.44. The zero-order valence-electron chi connectivity index (χ0n) is 12.5. The molecule has 1 atom stereocenters. The monoisotopic (exact) mass is 288 g/mol. The van der Waals surface area contributed by atoms with Gasteiger partial charge in [0.2, 0.25) is 5.91 Å². The van der Waals surface area contributed by atoms with Crippen molar-refractivity contribution >= 4 is 11.6 Å². The van der Waals surface area contributed by atoms with Crippen molar-refractivity contribution in [2.24, 2.45) is 0 Å². The second-order valence-electron chi connectivity index (χ2n) is 6.12. The van der Waals surface area contributed by atoms with Crippen molar-refractivity contribution in [2.75, 3.05) is 18.9 Å². The molecule has 2 aliphatic heterocycles. The Labute approximate surface area is 126 Å². The van der Waals surface area contributed by atoms with Gasteiger partial charge in [0.15, 0.2) is 0 Å². The van der Waals surface area contributed by atoms with Crippen LogP contribution in [0.1, 0.15) is 43.2 Å². The van der Waals surface area contributed by atoms with Crippen LogP contribution in [0.3, 0.4) is 0 Å². The third kappa shape index (κ3) is 3.56. The highest BCUT2D eigenvalue weighted by Gasteiger charge is 2.22. The first-order valence-corrected chi connectivity index (χ1v) is 7.99. The van der Waals surface area contributed by atoms with Crippen LogP contribution >= 0.6 is 0 Å². The smallest absolute Gasteiger partial charge is 0.222 e. The highest BCUT2D eigenvalue weighted by Crippen LogP contribution is 2.23. The molecule has 0 saturated carbocycles. The molecule has 21 heavy (non-hydrogen) atoms. The fourth-order valence-electron chi connectivity index (χ4n) is 3.27. The number of carbonyl (C=O) groups is 1. The summed E-state index contributed by atoms with van der Waals surface area (Å²) in [6.07, 6.45) is 6.18. The average Bonchev–Trinajstić information content (AvgIpc) is 2.53. The molecule has 0 aliphatic carbocycles. The highest BCUT2D eigenvalue weighted by atomic mass is 16.5. The number of nitrogen functional groups attached to an aromatic ring is 1. The van der Waals surface area contributed by atoms with Crippen LogP contribution < -0.4 is 5.73 Å². The van der Waals surface area contributed by atoms with E-state index in [0.29, 0.717) is 13.0 Å². The van der Waals surface area contributed by atoms with Gasteiger partial charge in [0.25, 0.3) is 0 Å². The van der Waals surface area contributed by atoms with E-state index in [1.807, 2.05) is 17.0 Å². The maximum absolute atomic E-state index is 12.4. The van der Waals surface area contributed by atoms with Crippen LogP contribution in [0.4, 0.5) is 5.69 Å². The van der Waals surface area contributed by atoms with Crippen LogP contribution in [-0.4, -0.2) is 30.1 Å². The molecule has 1 fully saturated rings. The quantitative estimate of drug-likeness (QED) is 0.869. The van der Waals surface area contributed by atoms with Crippen LogP contribution in [0.5, 0.6) is 0 Å². The van der Waals surface area contributed by atoms with Crippen LogP contribution in [0.25, 0.3) is 0 Å². The maximum atomic E-state index is 12.4. The van der Waals surface area contributed by atoms with Crippen molar-refractivity contribution < 1.29 is 9.53 Å². The van der Waals surface area contributed by atoms with Crippen LogP contribution in [-0.2, 0) is 22.5 Å². The molecular weight excluding hydrogens is 264 g/mol. The minimum atomic E-state index is 0.247. The Hall–Kier alpha value is -1.55. The summed E-state index contributed by atoms with van der Waals surface area (Å²) in [7, 11) is 0.